The molecule has 4 heteroatoms. The molecular weight excluding hydrogens is 384 g/mol. The van der Waals surface area contributed by atoms with Gasteiger partial charge in [-0.25, -0.2) is 4.98 Å². The SMILES string of the molecule is CC(C)c1ccc2oc(-c3ccc(NC(=O)c4cccc5ccccc45)cc3)nc2c1. The minimum absolute atomic E-state index is 0.132. The average Bonchev–Trinajstić information content (AvgIpc) is 3.22. The summed E-state index contributed by atoms with van der Waals surface area (Å²) in [4.78, 5) is 17.5. The van der Waals surface area contributed by atoms with E-state index in [-0.39, 0.29) is 5.91 Å². The molecule has 0 spiro atoms. The third-order valence-electron chi connectivity index (χ3n) is 5.50. The maximum Gasteiger partial charge on any atom is 0.256 e. The van der Waals surface area contributed by atoms with Crippen LogP contribution in [0.25, 0.3) is 33.3 Å². The lowest BCUT2D eigenvalue weighted by Crippen LogP contribution is -2.12. The highest BCUT2D eigenvalue weighted by atomic mass is 16.3. The standard InChI is InChI=1S/C27H22N2O2/c1-17(2)20-12-15-25-24(16-20)29-27(31-25)19-10-13-21(14-11-19)28-26(30)23-9-5-7-18-6-3-4-8-22(18)23/h3-17H,1-2H3,(H,28,30). The first-order valence-corrected chi connectivity index (χ1v) is 10.4. The molecule has 152 valence electrons. The Labute approximate surface area is 180 Å². The summed E-state index contributed by atoms with van der Waals surface area (Å²) >= 11 is 0. The fourth-order valence-corrected chi connectivity index (χ4v) is 3.75. The molecule has 0 aliphatic rings. The number of fused-ring (bicyclic) bond motifs is 2. The summed E-state index contributed by atoms with van der Waals surface area (Å²) < 4.78 is 5.93. The molecule has 1 N–H and O–H groups in total. The molecule has 5 rings (SSSR count). The largest absolute Gasteiger partial charge is 0.436 e. The molecule has 0 bridgehead atoms. The Morgan fingerprint density at radius 3 is 2.48 bits per heavy atom. The molecule has 4 aromatic carbocycles. The Morgan fingerprint density at radius 2 is 1.68 bits per heavy atom. The van der Waals surface area contributed by atoms with Crippen LogP contribution in [0.3, 0.4) is 0 Å². The van der Waals surface area contributed by atoms with Crippen molar-refractivity contribution in [2.24, 2.45) is 0 Å². The van der Waals surface area contributed by atoms with Crippen LogP contribution in [-0.2, 0) is 0 Å². The summed E-state index contributed by atoms with van der Waals surface area (Å²) in [6.07, 6.45) is 0. The van der Waals surface area contributed by atoms with Crippen LogP contribution in [0.4, 0.5) is 5.69 Å². The van der Waals surface area contributed by atoms with Crippen LogP contribution in [0.1, 0.15) is 35.7 Å². The van der Waals surface area contributed by atoms with E-state index in [0.717, 1.165) is 33.1 Å². The second-order valence-corrected chi connectivity index (χ2v) is 7.96. The fourth-order valence-electron chi connectivity index (χ4n) is 3.75. The van der Waals surface area contributed by atoms with Gasteiger partial charge in [-0.2, -0.15) is 0 Å². The quantitative estimate of drug-likeness (QED) is 0.349. The van der Waals surface area contributed by atoms with E-state index in [1.807, 2.05) is 72.8 Å². The number of oxazole rings is 1. The van der Waals surface area contributed by atoms with Crippen molar-refractivity contribution in [3.8, 4) is 11.5 Å². The van der Waals surface area contributed by atoms with E-state index in [4.69, 9.17) is 4.42 Å². The highest BCUT2D eigenvalue weighted by Gasteiger charge is 2.12. The molecule has 0 atom stereocenters. The summed E-state index contributed by atoms with van der Waals surface area (Å²) in [5.74, 6) is 0.879. The number of anilines is 1. The predicted octanol–water partition coefficient (Wildman–Crippen LogP) is 7.02. The zero-order chi connectivity index (χ0) is 21.4. The van der Waals surface area contributed by atoms with E-state index in [1.54, 1.807) is 0 Å². The molecule has 1 heterocycles. The molecule has 0 fully saturated rings. The molecule has 0 saturated heterocycles. The van der Waals surface area contributed by atoms with Gasteiger partial charge >= 0.3 is 0 Å². The van der Waals surface area contributed by atoms with Crippen LogP contribution in [0.15, 0.2) is 89.3 Å². The topological polar surface area (TPSA) is 55.1 Å². The summed E-state index contributed by atoms with van der Waals surface area (Å²) in [5, 5.41) is 4.97. The molecule has 4 nitrogen and oxygen atoms in total. The van der Waals surface area contributed by atoms with Crippen molar-refractivity contribution in [3.63, 3.8) is 0 Å². The lowest BCUT2D eigenvalue weighted by molar-refractivity contribution is 0.102. The highest BCUT2D eigenvalue weighted by Crippen LogP contribution is 2.28. The van der Waals surface area contributed by atoms with E-state index in [9.17, 15) is 4.79 Å². The lowest BCUT2D eigenvalue weighted by Gasteiger charge is -2.08. The maximum absolute atomic E-state index is 12.8. The third kappa shape index (κ3) is 3.68. The van der Waals surface area contributed by atoms with Gasteiger partial charge in [0.2, 0.25) is 5.89 Å². The number of amides is 1. The normalized spacial score (nSPS) is 11.3. The van der Waals surface area contributed by atoms with Crippen LogP contribution >= 0.6 is 0 Å². The summed E-state index contributed by atoms with van der Waals surface area (Å²) in [6, 6.07) is 27.3. The first kappa shape index (κ1) is 19.1. The van der Waals surface area contributed by atoms with Gasteiger partial charge in [0.1, 0.15) is 5.52 Å². The van der Waals surface area contributed by atoms with Gasteiger partial charge in [0.15, 0.2) is 5.58 Å². The van der Waals surface area contributed by atoms with E-state index in [2.05, 4.69) is 36.3 Å². The molecule has 0 aliphatic heterocycles. The number of hydrogen-bond acceptors (Lipinski definition) is 3. The average molecular weight is 406 g/mol. The number of carbonyl (C=O) groups is 1. The van der Waals surface area contributed by atoms with Crippen LogP contribution < -0.4 is 5.32 Å². The lowest BCUT2D eigenvalue weighted by atomic mass is 10.0. The summed E-state index contributed by atoms with van der Waals surface area (Å²) in [7, 11) is 0. The molecule has 0 radical (unpaired) electrons. The van der Waals surface area contributed by atoms with Crippen LogP contribution in [0, 0.1) is 0 Å². The molecule has 5 aromatic rings. The van der Waals surface area contributed by atoms with E-state index in [0.29, 0.717) is 17.4 Å². The summed E-state index contributed by atoms with van der Waals surface area (Å²) in [6.45, 7) is 4.32. The molecule has 0 unspecified atom stereocenters. The van der Waals surface area contributed by atoms with Crippen molar-refractivity contribution < 1.29 is 9.21 Å². The first-order valence-electron chi connectivity index (χ1n) is 10.4. The number of carbonyl (C=O) groups excluding carboxylic acids is 1. The number of aromatic nitrogens is 1. The van der Waals surface area contributed by atoms with Crippen molar-refractivity contribution in [3.05, 3.63) is 96.1 Å². The minimum Gasteiger partial charge on any atom is -0.436 e. The Morgan fingerprint density at radius 1 is 0.903 bits per heavy atom. The zero-order valence-electron chi connectivity index (χ0n) is 17.4. The van der Waals surface area contributed by atoms with E-state index < -0.39 is 0 Å². The molecule has 1 amide bonds. The molecule has 1 aromatic heterocycles. The Hall–Kier alpha value is -3.92. The number of benzene rings is 4. The summed E-state index contributed by atoms with van der Waals surface area (Å²) in [5.41, 5.74) is 5.11. The van der Waals surface area contributed by atoms with Gasteiger partial charge in [0.25, 0.3) is 5.91 Å². The van der Waals surface area contributed by atoms with Crippen LogP contribution in [0.5, 0.6) is 0 Å². The first-order chi connectivity index (χ1) is 15.1. The van der Waals surface area contributed by atoms with Gasteiger partial charge in [-0.15, -0.1) is 0 Å². The van der Waals surface area contributed by atoms with Crippen molar-refractivity contribution in [2.75, 3.05) is 5.32 Å². The van der Waals surface area contributed by atoms with Gasteiger partial charge in [-0.3, -0.25) is 4.79 Å². The Balaban J connectivity index is 1.39. The number of nitrogens with one attached hydrogen (secondary N) is 1. The van der Waals surface area contributed by atoms with Crippen LogP contribution in [0.2, 0.25) is 0 Å². The third-order valence-corrected chi connectivity index (χ3v) is 5.50. The van der Waals surface area contributed by atoms with Crippen molar-refractivity contribution in [2.45, 2.75) is 19.8 Å². The zero-order valence-corrected chi connectivity index (χ0v) is 17.4. The second-order valence-electron chi connectivity index (χ2n) is 7.96. The van der Waals surface area contributed by atoms with Gasteiger partial charge in [-0.05, 0) is 64.7 Å². The van der Waals surface area contributed by atoms with Gasteiger partial charge in [0.05, 0.1) is 0 Å². The molecule has 0 aliphatic carbocycles. The number of hydrogen-bond donors (Lipinski definition) is 1. The molecule has 31 heavy (non-hydrogen) atoms. The predicted molar refractivity (Wildman–Crippen MR) is 125 cm³/mol. The van der Waals surface area contributed by atoms with Crippen LogP contribution in [-0.4, -0.2) is 10.9 Å². The maximum atomic E-state index is 12.8. The molecular formula is C27H22N2O2. The highest BCUT2D eigenvalue weighted by molar-refractivity contribution is 6.12. The fraction of sp³-hybridized carbons (Fsp3) is 0.111. The Bertz CT molecular complexity index is 1390. The monoisotopic (exact) mass is 406 g/mol. The van der Waals surface area contributed by atoms with Crippen molar-refractivity contribution >= 4 is 33.5 Å². The number of rotatable bonds is 4. The van der Waals surface area contributed by atoms with Gasteiger partial charge < -0.3 is 9.73 Å². The second kappa shape index (κ2) is 7.73. The van der Waals surface area contributed by atoms with Gasteiger partial charge in [-0.1, -0.05) is 56.3 Å². The van der Waals surface area contributed by atoms with E-state index >= 15 is 0 Å². The van der Waals surface area contributed by atoms with Crippen molar-refractivity contribution in [1.82, 2.24) is 4.98 Å². The Kier molecular flexibility index (Phi) is 4.75. The molecule has 0 saturated carbocycles. The smallest absolute Gasteiger partial charge is 0.256 e. The van der Waals surface area contributed by atoms with Gasteiger partial charge in [0, 0.05) is 16.8 Å². The van der Waals surface area contributed by atoms with Crippen molar-refractivity contribution in [1.29, 1.82) is 0 Å². The number of nitrogens with zero attached hydrogens (tertiary/aromatic N) is 1. The minimum atomic E-state index is -0.132. The van der Waals surface area contributed by atoms with E-state index in [1.165, 1.54) is 5.56 Å².